The molecule has 0 N–H and O–H groups in total. The Kier molecular flexibility index (Phi) is 7.65. The van der Waals surface area contributed by atoms with E-state index in [1.54, 1.807) is 4.90 Å². The zero-order chi connectivity index (χ0) is 18.2. The molecule has 0 radical (unpaired) electrons. The Bertz CT molecular complexity index is 668. The van der Waals surface area contributed by atoms with E-state index >= 15 is 0 Å². The minimum Gasteiger partial charge on any atom is -0.466 e. The lowest BCUT2D eigenvalue weighted by Gasteiger charge is -2.13. The van der Waals surface area contributed by atoms with Gasteiger partial charge in [0.2, 0.25) is 0 Å². The van der Waals surface area contributed by atoms with Gasteiger partial charge in [0.25, 0.3) is 5.91 Å². The fraction of sp³-hybridized carbons (Fsp3) is 0.421. The van der Waals surface area contributed by atoms with Gasteiger partial charge < -0.3 is 4.74 Å². The number of amides is 1. The van der Waals surface area contributed by atoms with Crippen LogP contribution in [0.1, 0.15) is 43.7 Å². The maximum absolute atomic E-state index is 12.5. The van der Waals surface area contributed by atoms with Gasteiger partial charge in [-0.1, -0.05) is 67.2 Å². The summed E-state index contributed by atoms with van der Waals surface area (Å²) in [5.74, 6) is -0.302. The number of rotatable bonds is 8. The smallest absolute Gasteiger partial charge is 0.305 e. The van der Waals surface area contributed by atoms with Gasteiger partial charge in [0.1, 0.15) is 4.32 Å². The number of thiocarbonyl (C=S) groups is 1. The predicted molar refractivity (Wildman–Crippen MR) is 106 cm³/mol. The van der Waals surface area contributed by atoms with E-state index < -0.39 is 0 Å². The van der Waals surface area contributed by atoms with Gasteiger partial charge >= 0.3 is 5.97 Å². The second-order valence-corrected chi connectivity index (χ2v) is 7.60. The maximum atomic E-state index is 12.5. The van der Waals surface area contributed by atoms with Gasteiger partial charge in [-0.15, -0.1) is 0 Å². The lowest BCUT2D eigenvalue weighted by molar-refractivity contribution is -0.144. The van der Waals surface area contributed by atoms with Gasteiger partial charge in [-0.05, 0) is 31.4 Å². The van der Waals surface area contributed by atoms with Crippen molar-refractivity contribution >= 4 is 46.3 Å². The number of carbonyl (C=O) groups is 2. The standard InChI is InChI=1S/C19H23NO3S2/c1-3-4-12-23-17(21)6-5-11-20-18(22)16(25-19(20)24)13-15-9-7-14(2)8-10-15/h7-10,13H,3-6,11-12H2,1-2H3/b16-13+. The Hall–Kier alpha value is -1.66. The van der Waals surface area contributed by atoms with Crippen molar-refractivity contribution in [2.24, 2.45) is 0 Å². The molecule has 1 aliphatic heterocycles. The molecule has 0 bridgehead atoms. The minimum atomic E-state index is -0.214. The number of unbranched alkanes of at least 4 members (excludes halogenated alkanes) is 1. The van der Waals surface area contributed by atoms with Gasteiger partial charge in [0.15, 0.2) is 0 Å². The SMILES string of the molecule is CCCCOC(=O)CCCN1C(=O)/C(=C\c2ccc(C)cc2)SC1=S. The Morgan fingerprint density at radius 2 is 2.00 bits per heavy atom. The van der Waals surface area contributed by atoms with Crippen LogP contribution in [0.15, 0.2) is 29.2 Å². The number of ether oxygens (including phenoxy) is 1. The average molecular weight is 378 g/mol. The molecule has 0 spiro atoms. The summed E-state index contributed by atoms with van der Waals surface area (Å²) in [5.41, 5.74) is 2.15. The number of esters is 1. The van der Waals surface area contributed by atoms with Gasteiger partial charge in [-0.2, -0.15) is 0 Å². The summed E-state index contributed by atoms with van der Waals surface area (Å²) in [4.78, 5) is 26.3. The van der Waals surface area contributed by atoms with Gasteiger partial charge in [0, 0.05) is 13.0 Å². The fourth-order valence-corrected chi connectivity index (χ4v) is 3.60. The van der Waals surface area contributed by atoms with Crippen LogP contribution in [0.5, 0.6) is 0 Å². The Morgan fingerprint density at radius 1 is 1.28 bits per heavy atom. The molecule has 1 fully saturated rings. The Balaban J connectivity index is 1.86. The summed E-state index contributed by atoms with van der Waals surface area (Å²) < 4.78 is 5.66. The van der Waals surface area contributed by atoms with Crippen LogP contribution in [0, 0.1) is 6.92 Å². The largest absolute Gasteiger partial charge is 0.466 e. The molecule has 1 aliphatic rings. The predicted octanol–water partition coefficient (Wildman–Crippen LogP) is 4.32. The molecule has 25 heavy (non-hydrogen) atoms. The highest BCUT2D eigenvalue weighted by molar-refractivity contribution is 8.26. The van der Waals surface area contributed by atoms with Crippen LogP contribution in [0.4, 0.5) is 0 Å². The molecule has 4 nitrogen and oxygen atoms in total. The quantitative estimate of drug-likeness (QED) is 0.292. The molecule has 0 atom stereocenters. The lowest BCUT2D eigenvalue weighted by Crippen LogP contribution is -2.29. The summed E-state index contributed by atoms with van der Waals surface area (Å²) in [6, 6.07) is 7.98. The zero-order valence-corrected chi connectivity index (χ0v) is 16.3. The summed E-state index contributed by atoms with van der Waals surface area (Å²) in [5, 5.41) is 0. The van der Waals surface area contributed by atoms with Crippen LogP contribution in [0.25, 0.3) is 6.08 Å². The van der Waals surface area contributed by atoms with E-state index in [2.05, 4.69) is 0 Å². The van der Waals surface area contributed by atoms with E-state index in [-0.39, 0.29) is 11.9 Å². The van der Waals surface area contributed by atoms with Crippen molar-refractivity contribution in [3.63, 3.8) is 0 Å². The van der Waals surface area contributed by atoms with E-state index in [9.17, 15) is 9.59 Å². The van der Waals surface area contributed by atoms with Crippen molar-refractivity contribution in [3.8, 4) is 0 Å². The minimum absolute atomic E-state index is 0.0880. The molecule has 0 aliphatic carbocycles. The monoisotopic (exact) mass is 377 g/mol. The van der Waals surface area contributed by atoms with Crippen LogP contribution in [-0.2, 0) is 14.3 Å². The summed E-state index contributed by atoms with van der Waals surface area (Å²) >= 11 is 6.62. The zero-order valence-electron chi connectivity index (χ0n) is 14.6. The number of carbonyl (C=O) groups excluding carboxylic acids is 2. The number of nitrogens with zero attached hydrogens (tertiary/aromatic N) is 1. The second kappa shape index (κ2) is 9.73. The number of benzene rings is 1. The first-order valence-electron chi connectivity index (χ1n) is 8.49. The second-order valence-electron chi connectivity index (χ2n) is 5.92. The summed E-state index contributed by atoms with van der Waals surface area (Å²) in [7, 11) is 0. The highest BCUT2D eigenvalue weighted by atomic mass is 32.2. The van der Waals surface area contributed by atoms with Crippen LogP contribution in [0.2, 0.25) is 0 Å². The van der Waals surface area contributed by atoms with Crippen molar-refractivity contribution in [1.82, 2.24) is 4.90 Å². The van der Waals surface area contributed by atoms with Crippen LogP contribution in [-0.4, -0.2) is 34.2 Å². The van der Waals surface area contributed by atoms with Crippen LogP contribution < -0.4 is 0 Å². The van der Waals surface area contributed by atoms with Crippen molar-refractivity contribution < 1.29 is 14.3 Å². The molecular weight excluding hydrogens is 354 g/mol. The lowest BCUT2D eigenvalue weighted by atomic mass is 10.1. The highest BCUT2D eigenvalue weighted by Crippen LogP contribution is 2.32. The summed E-state index contributed by atoms with van der Waals surface area (Å²) in [6.07, 6.45) is 4.59. The Morgan fingerprint density at radius 3 is 2.68 bits per heavy atom. The molecule has 1 aromatic carbocycles. The van der Waals surface area contributed by atoms with Crippen LogP contribution in [0.3, 0.4) is 0 Å². The van der Waals surface area contributed by atoms with Crippen molar-refractivity contribution in [3.05, 3.63) is 40.3 Å². The first-order valence-corrected chi connectivity index (χ1v) is 9.71. The van der Waals surface area contributed by atoms with E-state index in [0.29, 0.717) is 35.2 Å². The molecule has 134 valence electrons. The molecule has 1 aromatic rings. The topological polar surface area (TPSA) is 46.6 Å². The first-order chi connectivity index (χ1) is 12.0. The van der Waals surface area contributed by atoms with Gasteiger partial charge in [-0.25, -0.2) is 0 Å². The molecule has 0 unspecified atom stereocenters. The third kappa shape index (κ3) is 5.97. The van der Waals surface area contributed by atoms with E-state index in [0.717, 1.165) is 18.4 Å². The molecule has 1 amide bonds. The molecule has 0 aromatic heterocycles. The van der Waals surface area contributed by atoms with Crippen LogP contribution >= 0.6 is 24.0 Å². The fourth-order valence-electron chi connectivity index (χ4n) is 2.29. The van der Waals surface area contributed by atoms with E-state index in [4.69, 9.17) is 17.0 Å². The Labute approximate surface area is 158 Å². The average Bonchev–Trinajstić information content (AvgIpc) is 2.84. The molecule has 2 rings (SSSR count). The van der Waals surface area contributed by atoms with E-state index in [1.807, 2.05) is 44.2 Å². The van der Waals surface area contributed by atoms with Crippen molar-refractivity contribution in [2.75, 3.05) is 13.2 Å². The number of thioether (sulfide) groups is 1. The summed E-state index contributed by atoms with van der Waals surface area (Å²) in [6.45, 7) is 4.98. The van der Waals surface area contributed by atoms with Crippen molar-refractivity contribution in [2.45, 2.75) is 39.5 Å². The normalized spacial score (nSPS) is 15.9. The molecule has 1 heterocycles. The third-order valence-corrected chi connectivity index (χ3v) is 5.15. The molecule has 6 heteroatoms. The number of hydrogen-bond acceptors (Lipinski definition) is 5. The van der Waals surface area contributed by atoms with E-state index in [1.165, 1.54) is 17.3 Å². The van der Waals surface area contributed by atoms with Crippen molar-refractivity contribution in [1.29, 1.82) is 0 Å². The highest BCUT2D eigenvalue weighted by Gasteiger charge is 2.31. The van der Waals surface area contributed by atoms with Gasteiger partial charge in [-0.3, -0.25) is 14.5 Å². The number of aryl methyl sites for hydroxylation is 1. The molecule has 0 saturated carbocycles. The molecular formula is C19H23NO3S2. The third-order valence-electron chi connectivity index (χ3n) is 3.77. The maximum Gasteiger partial charge on any atom is 0.305 e. The van der Waals surface area contributed by atoms with Gasteiger partial charge in [0.05, 0.1) is 11.5 Å². The first kappa shape index (κ1) is 19.7. The molecule has 1 saturated heterocycles. The number of hydrogen-bond donors (Lipinski definition) is 0.